The number of benzene rings is 1. The number of ether oxygens (including phenoxy) is 1. The van der Waals surface area contributed by atoms with E-state index in [2.05, 4.69) is 5.32 Å². The Morgan fingerprint density at radius 3 is 2.37 bits per heavy atom. The van der Waals surface area contributed by atoms with Crippen molar-refractivity contribution in [3.8, 4) is 0 Å². The molecule has 1 aliphatic rings. The van der Waals surface area contributed by atoms with Crippen molar-refractivity contribution in [3.63, 3.8) is 0 Å². The predicted octanol–water partition coefficient (Wildman–Crippen LogP) is 2.46. The lowest BCUT2D eigenvalue weighted by atomic mass is 9.88. The van der Waals surface area contributed by atoms with Gasteiger partial charge in [-0.3, -0.25) is 5.32 Å². The van der Waals surface area contributed by atoms with Crippen molar-refractivity contribution in [1.82, 2.24) is 5.32 Å². The lowest BCUT2D eigenvalue weighted by Crippen LogP contribution is -2.45. The van der Waals surface area contributed by atoms with Crippen LogP contribution in [0.1, 0.15) is 24.0 Å². The lowest BCUT2D eigenvalue weighted by Gasteiger charge is -2.27. The molecule has 1 aromatic carbocycles. The van der Waals surface area contributed by atoms with Crippen molar-refractivity contribution < 1.29 is 22.7 Å². The molecule has 0 aromatic heterocycles. The zero-order chi connectivity index (χ0) is 14.1. The molecular weight excluding hydrogens is 259 g/mol. The summed E-state index contributed by atoms with van der Waals surface area (Å²) in [5.74, 6) is -0.468. The van der Waals surface area contributed by atoms with E-state index in [4.69, 9.17) is 4.74 Å². The largest absolute Gasteiger partial charge is 0.467 e. The van der Waals surface area contributed by atoms with Gasteiger partial charge in [0.25, 0.3) is 0 Å². The Morgan fingerprint density at radius 1 is 1.32 bits per heavy atom. The summed E-state index contributed by atoms with van der Waals surface area (Å²) in [4.78, 5) is 11.9. The zero-order valence-electron chi connectivity index (χ0n) is 10.4. The summed E-state index contributed by atoms with van der Waals surface area (Å²) >= 11 is 0. The van der Waals surface area contributed by atoms with Crippen molar-refractivity contribution in [2.75, 3.05) is 13.7 Å². The smallest absolute Gasteiger partial charge is 0.416 e. The molecule has 1 fully saturated rings. The first-order valence-corrected chi connectivity index (χ1v) is 5.91. The summed E-state index contributed by atoms with van der Waals surface area (Å²) in [7, 11) is 1.27. The number of hydrogen-bond acceptors (Lipinski definition) is 3. The number of carbonyl (C=O) groups is 1. The van der Waals surface area contributed by atoms with Crippen LogP contribution in [-0.2, 0) is 21.2 Å². The Morgan fingerprint density at radius 2 is 1.95 bits per heavy atom. The molecule has 0 spiro atoms. The first-order chi connectivity index (χ1) is 8.90. The van der Waals surface area contributed by atoms with Crippen LogP contribution in [0.5, 0.6) is 0 Å². The number of hydrogen-bond donors (Lipinski definition) is 1. The minimum Gasteiger partial charge on any atom is -0.467 e. The monoisotopic (exact) mass is 273 g/mol. The molecule has 1 N–H and O–H groups in total. The molecule has 19 heavy (non-hydrogen) atoms. The highest BCUT2D eigenvalue weighted by atomic mass is 19.4. The van der Waals surface area contributed by atoms with Crippen LogP contribution in [0.3, 0.4) is 0 Å². The molecule has 1 aliphatic heterocycles. The van der Waals surface area contributed by atoms with E-state index in [0.717, 1.165) is 18.6 Å². The van der Waals surface area contributed by atoms with E-state index in [-0.39, 0.29) is 0 Å². The number of carbonyl (C=O) groups excluding carboxylic acids is 1. The zero-order valence-corrected chi connectivity index (χ0v) is 10.4. The number of alkyl halides is 3. The van der Waals surface area contributed by atoms with E-state index >= 15 is 0 Å². The van der Waals surface area contributed by atoms with Gasteiger partial charge in [-0.1, -0.05) is 12.1 Å². The van der Waals surface area contributed by atoms with E-state index < -0.39 is 23.2 Å². The van der Waals surface area contributed by atoms with Gasteiger partial charge in [0.05, 0.1) is 12.7 Å². The average Bonchev–Trinajstić information content (AvgIpc) is 2.87. The summed E-state index contributed by atoms with van der Waals surface area (Å²) < 4.78 is 42.3. The van der Waals surface area contributed by atoms with Crippen molar-refractivity contribution in [2.45, 2.75) is 24.6 Å². The van der Waals surface area contributed by atoms with E-state index in [1.165, 1.54) is 19.2 Å². The third-order valence-corrected chi connectivity index (χ3v) is 3.39. The second kappa shape index (κ2) is 4.85. The van der Waals surface area contributed by atoms with Gasteiger partial charge in [-0.2, -0.15) is 13.2 Å². The van der Waals surface area contributed by atoms with E-state index in [0.29, 0.717) is 18.5 Å². The van der Waals surface area contributed by atoms with Gasteiger partial charge in [0.15, 0.2) is 0 Å². The van der Waals surface area contributed by atoms with E-state index in [9.17, 15) is 18.0 Å². The van der Waals surface area contributed by atoms with Crippen LogP contribution in [-0.4, -0.2) is 19.6 Å². The molecule has 2 rings (SSSR count). The van der Waals surface area contributed by atoms with Gasteiger partial charge in [0.2, 0.25) is 0 Å². The molecule has 0 saturated carbocycles. The van der Waals surface area contributed by atoms with Gasteiger partial charge in [0.1, 0.15) is 5.54 Å². The van der Waals surface area contributed by atoms with Crippen LogP contribution in [0.2, 0.25) is 0 Å². The fourth-order valence-electron chi connectivity index (χ4n) is 2.40. The Kier molecular flexibility index (Phi) is 3.54. The normalized spacial score (nSPS) is 23.4. The third kappa shape index (κ3) is 2.45. The Bertz CT molecular complexity index is 462. The van der Waals surface area contributed by atoms with Gasteiger partial charge in [-0.05, 0) is 37.1 Å². The summed E-state index contributed by atoms with van der Waals surface area (Å²) in [6.45, 7) is 0.635. The summed E-state index contributed by atoms with van der Waals surface area (Å²) in [6.07, 6.45) is -3.08. The third-order valence-electron chi connectivity index (χ3n) is 3.39. The van der Waals surface area contributed by atoms with Gasteiger partial charge in [0, 0.05) is 0 Å². The second-order valence-electron chi connectivity index (χ2n) is 4.50. The number of rotatable bonds is 2. The lowest BCUT2D eigenvalue weighted by molar-refractivity contribution is -0.148. The fourth-order valence-corrected chi connectivity index (χ4v) is 2.40. The van der Waals surface area contributed by atoms with E-state index in [1.54, 1.807) is 0 Å². The predicted molar refractivity (Wildman–Crippen MR) is 62.4 cm³/mol. The highest BCUT2D eigenvalue weighted by molar-refractivity contribution is 5.83. The molecule has 0 bridgehead atoms. The summed E-state index contributed by atoms with van der Waals surface area (Å²) in [5.41, 5.74) is -1.24. The van der Waals surface area contributed by atoms with Crippen LogP contribution in [0, 0.1) is 0 Å². The molecule has 1 aromatic rings. The Balaban J connectivity index is 2.36. The molecular formula is C13H14F3NO2. The molecule has 3 nitrogen and oxygen atoms in total. The van der Waals surface area contributed by atoms with Crippen LogP contribution in [0.25, 0.3) is 0 Å². The highest BCUT2D eigenvalue weighted by Gasteiger charge is 2.44. The molecule has 1 unspecified atom stereocenters. The molecule has 1 atom stereocenters. The first kappa shape index (κ1) is 13.9. The van der Waals surface area contributed by atoms with Crippen LogP contribution < -0.4 is 5.32 Å². The van der Waals surface area contributed by atoms with E-state index in [1.807, 2.05) is 0 Å². The molecule has 0 amide bonds. The van der Waals surface area contributed by atoms with Gasteiger partial charge in [-0.25, -0.2) is 4.79 Å². The maximum absolute atomic E-state index is 12.5. The average molecular weight is 273 g/mol. The van der Waals surface area contributed by atoms with Gasteiger partial charge < -0.3 is 4.74 Å². The topological polar surface area (TPSA) is 38.3 Å². The molecule has 1 heterocycles. The van der Waals surface area contributed by atoms with Crippen molar-refractivity contribution in [2.24, 2.45) is 0 Å². The highest BCUT2D eigenvalue weighted by Crippen LogP contribution is 2.35. The van der Waals surface area contributed by atoms with Crippen molar-refractivity contribution >= 4 is 5.97 Å². The van der Waals surface area contributed by atoms with Crippen LogP contribution in [0.15, 0.2) is 24.3 Å². The standard InChI is InChI=1S/C13H14F3NO2/c1-19-11(18)12(7-2-8-17-12)9-3-5-10(6-4-9)13(14,15)16/h3-6,17H,2,7-8H2,1H3. The quantitative estimate of drug-likeness (QED) is 0.841. The maximum Gasteiger partial charge on any atom is 0.416 e. The minimum absolute atomic E-state index is 0.468. The number of nitrogens with one attached hydrogen (secondary N) is 1. The Hall–Kier alpha value is -1.56. The summed E-state index contributed by atoms with van der Waals surface area (Å²) in [5, 5.41) is 3.04. The number of halogens is 3. The molecule has 104 valence electrons. The number of esters is 1. The van der Waals surface area contributed by atoms with Gasteiger partial charge in [-0.15, -0.1) is 0 Å². The summed E-state index contributed by atoms with van der Waals surface area (Å²) in [6, 6.07) is 4.64. The molecule has 1 saturated heterocycles. The molecule has 0 aliphatic carbocycles. The van der Waals surface area contributed by atoms with Crippen LogP contribution >= 0.6 is 0 Å². The minimum atomic E-state index is -4.37. The van der Waals surface area contributed by atoms with Crippen molar-refractivity contribution in [3.05, 3.63) is 35.4 Å². The van der Waals surface area contributed by atoms with Gasteiger partial charge >= 0.3 is 12.1 Å². The SMILES string of the molecule is COC(=O)C1(c2ccc(C(F)(F)F)cc2)CCCN1. The first-order valence-electron chi connectivity index (χ1n) is 5.91. The fraction of sp³-hybridized carbons (Fsp3) is 0.462. The van der Waals surface area contributed by atoms with Crippen molar-refractivity contribution in [1.29, 1.82) is 0 Å². The second-order valence-corrected chi connectivity index (χ2v) is 4.50. The molecule has 0 radical (unpaired) electrons. The maximum atomic E-state index is 12.5. The Labute approximate surface area is 108 Å². The number of methoxy groups -OCH3 is 1. The van der Waals surface area contributed by atoms with Crippen LogP contribution in [0.4, 0.5) is 13.2 Å². The molecule has 6 heteroatoms.